The summed E-state index contributed by atoms with van der Waals surface area (Å²) in [5, 5.41) is 3.27. The minimum absolute atomic E-state index is 0.134. The molecule has 1 heterocycles. The normalized spacial score (nSPS) is 11.9. The van der Waals surface area contributed by atoms with Crippen molar-refractivity contribution in [2.24, 2.45) is 5.73 Å². The van der Waals surface area contributed by atoms with Gasteiger partial charge in [0.1, 0.15) is 0 Å². The van der Waals surface area contributed by atoms with E-state index < -0.39 is 0 Å². The number of nitrogens with two attached hydrogens (primary N) is 1. The zero-order valence-electron chi connectivity index (χ0n) is 7.50. The molecule has 0 saturated heterocycles. The molecule has 0 unspecified atom stereocenters. The van der Waals surface area contributed by atoms with Crippen LogP contribution in [0.4, 0.5) is 0 Å². The quantitative estimate of drug-likeness (QED) is 0.735. The Morgan fingerprint density at radius 2 is 2.42 bits per heavy atom. The monoisotopic (exact) mass is 185 g/mol. The van der Waals surface area contributed by atoms with Crippen molar-refractivity contribution in [3.63, 3.8) is 0 Å². The van der Waals surface area contributed by atoms with Gasteiger partial charge in [0.25, 0.3) is 0 Å². The first-order valence-electron chi connectivity index (χ1n) is 3.95. The first-order valence-corrected chi connectivity index (χ1v) is 4.83. The van der Waals surface area contributed by atoms with Crippen molar-refractivity contribution in [1.82, 2.24) is 10.3 Å². The van der Waals surface area contributed by atoms with Gasteiger partial charge >= 0.3 is 0 Å². The van der Waals surface area contributed by atoms with Gasteiger partial charge in [0.15, 0.2) is 0 Å². The van der Waals surface area contributed by atoms with Gasteiger partial charge in [-0.15, -0.1) is 11.3 Å². The Morgan fingerprint density at radius 3 is 2.92 bits per heavy atom. The lowest BCUT2D eigenvalue weighted by molar-refractivity contribution is 0.468. The molecule has 3 N–H and O–H groups in total. The number of aromatic nitrogens is 1. The number of nitrogens with zero attached hydrogens (tertiary/aromatic N) is 1. The van der Waals surface area contributed by atoms with Gasteiger partial charge in [0.2, 0.25) is 0 Å². The van der Waals surface area contributed by atoms with Crippen LogP contribution in [0.5, 0.6) is 0 Å². The predicted octanol–water partition coefficient (Wildman–Crippen LogP) is 0.970. The van der Waals surface area contributed by atoms with E-state index in [1.54, 1.807) is 11.3 Å². The third-order valence-electron chi connectivity index (χ3n) is 1.36. The Hall–Kier alpha value is -0.450. The molecule has 0 radical (unpaired) electrons. The lowest BCUT2D eigenvalue weighted by atomic mass is 10.1. The van der Waals surface area contributed by atoms with E-state index >= 15 is 0 Å². The molecule has 0 bridgehead atoms. The molecule has 3 nitrogen and oxygen atoms in total. The number of thiazole rings is 1. The van der Waals surface area contributed by atoms with Gasteiger partial charge in [0, 0.05) is 29.7 Å². The highest BCUT2D eigenvalue weighted by Crippen LogP contribution is 2.04. The van der Waals surface area contributed by atoms with Crippen LogP contribution in [0.1, 0.15) is 18.7 Å². The van der Waals surface area contributed by atoms with Crippen LogP contribution in [0.2, 0.25) is 0 Å². The first kappa shape index (κ1) is 9.64. The zero-order valence-corrected chi connectivity index (χ0v) is 8.32. The summed E-state index contributed by atoms with van der Waals surface area (Å²) in [5.74, 6) is 0. The minimum atomic E-state index is -0.134. The molecule has 1 aromatic heterocycles. The van der Waals surface area contributed by atoms with Crippen LogP contribution in [-0.4, -0.2) is 17.1 Å². The molecule has 0 aromatic carbocycles. The lowest BCUT2D eigenvalue weighted by Crippen LogP contribution is -2.42. The van der Waals surface area contributed by atoms with Crippen LogP contribution in [0.3, 0.4) is 0 Å². The molecule has 0 saturated carbocycles. The molecule has 1 rings (SSSR count). The van der Waals surface area contributed by atoms with E-state index in [1.165, 1.54) is 4.88 Å². The van der Waals surface area contributed by atoms with Gasteiger partial charge in [-0.2, -0.15) is 0 Å². The van der Waals surface area contributed by atoms with Gasteiger partial charge in [-0.25, -0.2) is 0 Å². The Balaban J connectivity index is 2.20. The SMILES string of the molecule is CC(C)(N)CNCc1cncs1. The number of rotatable bonds is 4. The molecule has 1 aromatic rings. The topological polar surface area (TPSA) is 50.9 Å². The maximum Gasteiger partial charge on any atom is 0.0794 e. The molecule has 4 heteroatoms. The van der Waals surface area contributed by atoms with E-state index in [-0.39, 0.29) is 5.54 Å². The van der Waals surface area contributed by atoms with E-state index in [9.17, 15) is 0 Å². The summed E-state index contributed by atoms with van der Waals surface area (Å²) < 4.78 is 0. The third kappa shape index (κ3) is 3.80. The summed E-state index contributed by atoms with van der Waals surface area (Å²) in [5.41, 5.74) is 7.50. The van der Waals surface area contributed by atoms with E-state index in [1.807, 2.05) is 25.6 Å². The van der Waals surface area contributed by atoms with Crippen molar-refractivity contribution in [3.05, 3.63) is 16.6 Å². The highest BCUT2D eigenvalue weighted by Gasteiger charge is 2.08. The van der Waals surface area contributed by atoms with Crippen molar-refractivity contribution in [1.29, 1.82) is 0 Å². The van der Waals surface area contributed by atoms with Crippen molar-refractivity contribution in [3.8, 4) is 0 Å². The van der Waals surface area contributed by atoms with Crippen LogP contribution in [-0.2, 0) is 6.54 Å². The second kappa shape index (κ2) is 3.98. The van der Waals surface area contributed by atoms with E-state index in [2.05, 4.69) is 10.3 Å². The molecular weight excluding hydrogens is 170 g/mol. The van der Waals surface area contributed by atoms with Crippen LogP contribution < -0.4 is 11.1 Å². The molecule has 68 valence electrons. The van der Waals surface area contributed by atoms with E-state index in [0.29, 0.717) is 0 Å². The molecule has 0 fully saturated rings. The zero-order chi connectivity index (χ0) is 9.03. The smallest absolute Gasteiger partial charge is 0.0794 e. The summed E-state index contributed by atoms with van der Waals surface area (Å²) in [6, 6.07) is 0. The Kier molecular flexibility index (Phi) is 3.20. The summed E-state index contributed by atoms with van der Waals surface area (Å²) >= 11 is 1.66. The lowest BCUT2D eigenvalue weighted by Gasteiger charge is -2.18. The maximum absolute atomic E-state index is 5.80. The van der Waals surface area contributed by atoms with Gasteiger partial charge in [-0.3, -0.25) is 4.98 Å². The molecule has 0 spiro atoms. The highest BCUT2D eigenvalue weighted by atomic mass is 32.1. The maximum atomic E-state index is 5.80. The molecule has 0 aliphatic carbocycles. The van der Waals surface area contributed by atoms with Gasteiger partial charge in [-0.1, -0.05) is 0 Å². The Morgan fingerprint density at radius 1 is 1.67 bits per heavy atom. The Labute approximate surface area is 77.0 Å². The van der Waals surface area contributed by atoms with Crippen LogP contribution in [0.15, 0.2) is 11.7 Å². The third-order valence-corrected chi connectivity index (χ3v) is 2.14. The average molecular weight is 185 g/mol. The van der Waals surface area contributed by atoms with Crippen molar-refractivity contribution < 1.29 is 0 Å². The van der Waals surface area contributed by atoms with Crippen molar-refractivity contribution in [2.75, 3.05) is 6.54 Å². The van der Waals surface area contributed by atoms with Crippen LogP contribution in [0.25, 0.3) is 0 Å². The molecule has 0 aliphatic rings. The molecular formula is C8H15N3S. The van der Waals surface area contributed by atoms with E-state index in [4.69, 9.17) is 5.73 Å². The van der Waals surface area contributed by atoms with Crippen molar-refractivity contribution in [2.45, 2.75) is 25.9 Å². The summed E-state index contributed by atoms with van der Waals surface area (Å²) in [4.78, 5) is 5.23. The number of hydrogen-bond acceptors (Lipinski definition) is 4. The number of nitrogens with one attached hydrogen (secondary N) is 1. The fourth-order valence-electron chi connectivity index (χ4n) is 0.837. The first-order chi connectivity index (χ1) is 5.58. The highest BCUT2D eigenvalue weighted by molar-refractivity contribution is 7.09. The summed E-state index contributed by atoms with van der Waals surface area (Å²) in [6.45, 7) is 5.70. The van der Waals surface area contributed by atoms with Gasteiger partial charge in [0.05, 0.1) is 5.51 Å². The second-order valence-corrected chi connectivity index (χ2v) is 4.53. The van der Waals surface area contributed by atoms with Crippen LogP contribution >= 0.6 is 11.3 Å². The average Bonchev–Trinajstić information content (AvgIpc) is 2.36. The fourth-order valence-corrected chi connectivity index (χ4v) is 1.40. The van der Waals surface area contributed by atoms with Crippen LogP contribution in [0, 0.1) is 0 Å². The molecule has 0 aliphatic heterocycles. The summed E-state index contributed by atoms with van der Waals surface area (Å²) in [7, 11) is 0. The van der Waals surface area contributed by atoms with E-state index in [0.717, 1.165) is 13.1 Å². The molecule has 12 heavy (non-hydrogen) atoms. The predicted molar refractivity (Wildman–Crippen MR) is 52.1 cm³/mol. The largest absolute Gasteiger partial charge is 0.324 e. The molecule has 0 amide bonds. The van der Waals surface area contributed by atoms with Gasteiger partial charge < -0.3 is 11.1 Å². The Bertz CT molecular complexity index is 213. The summed E-state index contributed by atoms with van der Waals surface area (Å²) in [6.07, 6.45) is 1.88. The molecule has 0 atom stereocenters. The standard InChI is InChI=1S/C8H15N3S/c1-8(2,9)5-10-3-7-4-11-6-12-7/h4,6,10H,3,5,9H2,1-2H3. The van der Waals surface area contributed by atoms with Crippen molar-refractivity contribution >= 4 is 11.3 Å². The fraction of sp³-hybridized carbons (Fsp3) is 0.625. The second-order valence-electron chi connectivity index (χ2n) is 3.56. The number of hydrogen-bond donors (Lipinski definition) is 2. The minimum Gasteiger partial charge on any atom is -0.324 e. The van der Waals surface area contributed by atoms with Gasteiger partial charge in [-0.05, 0) is 13.8 Å².